The highest BCUT2D eigenvalue weighted by Crippen LogP contribution is 2.36. The van der Waals surface area contributed by atoms with Gasteiger partial charge in [-0.25, -0.2) is 0 Å². The van der Waals surface area contributed by atoms with Crippen LogP contribution >= 0.6 is 0 Å². The fourth-order valence-corrected chi connectivity index (χ4v) is 4.51. The van der Waals surface area contributed by atoms with E-state index < -0.39 is 0 Å². The molecule has 0 radical (unpaired) electrons. The van der Waals surface area contributed by atoms with E-state index in [-0.39, 0.29) is 17.2 Å². The second-order valence-corrected chi connectivity index (χ2v) is 10.9. The molecule has 1 aromatic heterocycles. The molecule has 1 N–H and O–H groups in total. The summed E-state index contributed by atoms with van der Waals surface area (Å²) >= 11 is 0. The van der Waals surface area contributed by atoms with Gasteiger partial charge < -0.3 is 19.4 Å². The van der Waals surface area contributed by atoms with Crippen molar-refractivity contribution in [2.45, 2.75) is 52.5 Å². The largest absolute Gasteiger partial charge is 0.497 e. The first-order valence-corrected chi connectivity index (χ1v) is 13.5. The molecule has 4 aromatic rings. The monoisotopic (exact) mass is 526 g/mol. The zero-order chi connectivity index (χ0) is 28.0. The lowest BCUT2D eigenvalue weighted by Crippen LogP contribution is -2.13. The molecule has 5 rings (SSSR count). The van der Waals surface area contributed by atoms with E-state index in [9.17, 15) is 9.59 Å². The maximum Gasteiger partial charge on any atom is 0.293 e. The second kappa shape index (κ2) is 12.2. The van der Waals surface area contributed by atoms with E-state index in [0.29, 0.717) is 13.1 Å². The molecule has 1 fully saturated rings. The van der Waals surface area contributed by atoms with Crippen LogP contribution < -0.4 is 10.1 Å². The van der Waals surface area contributed by atoms with E-state index in [4.69, 9.17) is 4.74 Å². The smallest absolute Gasteiger partial charge is 0.293 e. The number of rotatable bonds is 8. The summed E-state index contributed by atoms with van der Waals surface area (Å²) in [6.45, 7) is 10.1. The third-order valence-corrected chi connectivity index (χ3v) is 6.88. The van der Waals surface area contributed by atoms with Gasteiger partial charge in [0.15, 0.2) is 0 Å². The van der Waals surface area contributed by atoms with Crippen LogP contribution in [-0.2, 0) is 26.3 Å². The number of nitrogens with zero attached hydrogens (tertiary/aromatic N) is 1. The Labute approximate surface area is 230 Å². The Balaban J connectivity index is 0.000000648. The molecular weight excluding hydrogens is 488 g/mol. The van der Waals surface area contributed by atoms with Gasteiger partial charge in [-0.1, -0.05) is 57.2 Å². The lowest BCUT2D eigenvalue weighted by atomic mass is 9.86. The number of nitrogens with one attached hydrogen (secondary N) is 1. The highest BCUT2D eigenvalue weighted by atomic mass is 16.5. The Kier molecular flexibility index (Phi) is 8.75. The first-order chi connectivity index (χ1) is 18.7. The molecule has 1 aliphatic rings. The lowest BCUT2D eigenvalue weighted by Gasteiger charge is -2.19. The maximum absolute atomic E-state index is 12.4. The standard InChI is InChI=1S/C30H32N2O2.C3H6O2/c1-30(2,3)23-12-10-21(11-13-23)27-19-32(18-20-6-5-7-25(16-20)34-4)28-15-14-24(17-26(27)28)31-29(33)22-8-9-22;1-2-5-3-4/h5-7,10-17,19,22H,8-9,18H2,1-4H3,(H,31,33);3H,2H2,1H3. The number of aromatic nitrogens is 1. The van der Waals surface area contributed by atoms with Crippen molar-refractivity contribution in [2.24, 2.45) is 5.92 Å². The maximum atomic E-state index is 12.4. The number of fused-ring (bicyclic) bond motifs is 1. The summed E-state index contributed by atoms with van der Waals surface area (Å²) in [6, 6.07) is 23.3. The molecule has 0 bridgehead atoms. The fraction of sp³-hybridized carbons (Fsp3) is 0.333. The minimum atomic E-state index is 0.110. The summed E-state index contributed by atoms with van der Waals surface area (Å²) in [7, 11) is 1.70. The molecule has 6 nitrogen and oxygen atoms in total. The van der Waals surface area contributed by atoms with Crippen molar-refractivity contribution < 1.29 is 19.1 Å². The Morgan fingerprint density at radius 2 is 1.79 bits per heavy atom. The normalized spacial score (nSPS) is 12.8. The summed E-state index contributed by atoms with van der Waals surface area (Å²) < 4.78 is 11.9. The predicted octanol–water partition coefficient (Wildman–Crippen LogP) is 7.19. The van der Waals surface area contributed by atoms with Crippen LogP contribution in [0.3, 0.4) is 0 Å². The fourth-order valence-electron chi connectivity index (χ4n) is 4.51. The number of ether oxygens (including phenoxy) is 2. The molecule has 204 valence electrons. The zero-order valence-electron chi connectivity index (χ0n) is 23.5. The molecule has 0 saturated heterocycles. The minimum absolute atomic E-state index is 0.110. The Morgan fingerprint density at radius 3 is 2.38 bits per heavy atom. The number of benzene rings is 3. The van der Waals surface area contributed by atoms with Gasteiger partial charge in [0.25, 0.3) is 6.47 Å². The zero-order valence-corrected chi connectivity index (χ0v) is 23.5. The van der Waals surface area contributed by atoms with Gasteiger partial charge in [0.2, 0.25) is 5.91 Å². The summed E-state index contributed by atoms with van der Waals surface area (Å²) in [4.78, 5) is 21.6. The third-order valence-electron chi connectivity index (χ3n) is 6.88. The first-order valence-electron chi connectivity index (χ1n) is 13.5. The van der Waals surface area contributed by atoms with E-state index in [1.807, 2.05) is 18.2 Å². The van der Waals surface area contributed by atoms with Crippen LogP contribution in [0.1, 0.15) is 51.7 Å². The number of methoxy groups -OCH3 is 1. The SMILES string of the molecule is CCOC=O.COc1cccc(Cn2cc(-c3ccc(C(C)(C)C)cc3)c3cc(NC(=O)C4CC4)ccc32)c1. The minimum Gasteiger partial charge on any atom is -0.497 e. The summed E-state index contributed by atoms with van der Waals surface area (Å²) in [5, 5.41) is 4.25. The van der Waals surface area contributed by atoms with Gasteiger partial charge in [-0.3, -0.25) is 9.59 Å². The Morgan fingerprint density at radius 1 is 1.05 bits per heavy atom. The molecule has 1 aliphatic carbocycles. The quantitative estimate of drug-likeness (QED) is 0.247. The van der Waals surface area contributed by atoms with Crippen molar-refractivity contribution in [3.05, 3.63) is 84.1 Å². The van der Waals surface area contributed by atoms with Crippen LogP contribution in [-0.4, -0.2) is 30.7 Å². The molecule has 0 atom stereocenters. The summed E-state index contributed by atoms with van der Waals surface area (Å²) in [6.07, 6.45) is 4.22. The lowest BCUT2D eigenvalue weighted by molar-refractivity contribution is -0.128. The number of hydrogen-bond acceptors (Lipinski definition) is 4. The number of amides is 1. The Hall–Kier alpha value is -4.06. The topological polar surface area (TPSA) is 69.6 Å². The molecule has 0 unspecified atom stereocenters. The molecule has 1 heterocycles. The van der Waals surface area contributed by atoms with Crippen molar-refractivity contribution in [3.8, 4) is 16.9 Å². The average Bonchev–Trinajstić information content (AvgIpc) is 3.72. The molecule has 3 aromatic carbocycles. The summed E-state index contributed by atoms with van der Waals surface area (Å²) in [5.74, 6) is 1.17. The molecule has 0 aliphatic heterocycles. The van der Waals surface area contributed by atoms with Gasteiger partial charge >= 0.3 is 0 Å². The average molecular weight is 527 g/mol. The molecule has 6 heteroatoms. The van der Waals surface area contributed by atoms with Crippen molar-refractivity contribution in [3.63, 3.8) is 0 Å². The third kappa shape index (κ3) is 7.08. The highest BCUT2D eigenvalue weighted by Gasteiger charge is 2.29. The number of anilines is 1. The first kappa shape index (κ1) is 28.0. The number of carbonyl (C=O) groups excluding carboxylic acids is 2. The molecule has 1 saturated carbocycles. The molecule has 1 amide bonds. The van der Waals surface area contributed by atoms with Crippen molar-refractivity contribution in [1.29, 1.82) is 0 Å². The van der Waals surface area contributed by atoms with Gasteiger partial charge in [-0.2, -0.15) is 0 Å². The summed E-state index contributed by atoms with van der Waals surface area (Å²) in [5.41, 5.74) is 6.94. The van der Waals surface area contributed by atoms with E-state index in [0.717, 1.165) is 41.7 Å². The van der Waals surface area contributed by atoms with Crippen LogP contribution in [0.5, 0.6) is 5.75 Å². The second-order valence-electron chi connectivity index (χ2n) is 10.9. The predicted molar refractivity (Wildman–Crippen MR) is 157 cm³/mol. The Bertz CT molecular complexity index is 1430. The molecule has 0 spiro atoms. The van der Waals surface area contributed by atoms with E-state index in [1.165, 1.54) is 22.3 Å². The van der Waals surface area contributed by atoms with Gasteiger partial charge in [0, 0.05) is 40.8 Å². The van der Waals surface area contributed by atoms with Gasteiger partial charge in [0.05, 0.1) is 13.7 Å². The number of hydrogen-bond donors (Lipinski definition) is 1. The van der Waals surface area contributed by atoms with Gasteiger partial charge in [-0.15, -0.1) is 0 Å². The molecular formula is C33H38N2O4. The van der Waals surface area contributed by atoms with Crippen LogP contribution in [0.25, 0.3) is 22.0 Å². The van der Waals surface area contributed by atoms with Crippen molar-refractivity contribution in [1.82, 2.24) is 4.57 Å². The molecule has 39 heavy (non-hydrogen) atoms. The van der Waals surface area contributed by atoms with Crippen LogP contribution in [0.4, 0.5) is 5.69 Å². The van der Waals surface area contributed by atoms with E-state index in [1.54, 1.807) is 14.0 Å². The van der Waals surface area contributed by atoms with Gasteiger partial charge in [0.1, 0.15) is 5.75 Å². The number of carbonyl (C=O) groups is 2. The van der Waals surface area contributed by atoms with Crippen molar-refractivity contribution >= 4 is 29.0 Å². The van der Waals surface area contributed by atoms with Crippen molar-refractivity contribution in [2.75, 3.05) is 19.0 Å². The van der Waals surface area contributed by atoms with Gasteiger partial charge in [-0.05, 0) is 72.2 Å². The van der Waals surface area contributed by atoms with Crippen LogP contribution in [0, 0.1) is 5.92 Å². The van der Waals surface area contributed by atoms with Crippen LogP contribution in [0.15, 0.2) is 72.9 Å². The van der Waals surface area contributed by atoms with E-state index >= 15 is 0 Å². The highest BCUT2D eigenvalue weighted by molar-refractivity contribution is 6.01. The van der Waals surface area contributed by atoms with Crippen LogP contribution in [0.2, 0.25) is 0 Å². The van der Waals surface area contributed by atoms with E-state index in [2.05, 4.69) is 90.1 Å².